The summed E-state index contributed by atoms with van der Waals surface area (Å²) in [5.74, 6) is 1.37. The van der Waals surface area contributed by atoms with Gasteiger partial charge in [-0.05, 0) is 32.1 Å². The van der Waals surface area contributed by atoms with Crippen LogP contribution in [0.15, 0.2) is 0 Å². The van der Waals surface area contributed by atoms with Crippen molar-refractivity contribution in [1.82, 2.24) is 10.6 Å². The molecule has 2 N–H and O–H groups in total. The number of hydrogen-bond acceptors (Lipinski definition) is 3. The van der Waals surface area contributed by atoms with E-state index >= 15 is 0 Å². The fourth-order valence-electron chi connectivity index (χ4n) is 1.73. The van der Waals surface area contributed by atoms with Crippen molar-refractivity contribution < 1.29 is 0 Å². The summed E-state index contributed by atoms with van der Waals surface area (Å²) in [5, 5.41) is 7.84. The van der Waals surface area contributed by atoms with Crippen LogP contribution in [-0.2, 0) is 0 Å². The summed E-state index contributed by atoms with van der Waals surface area (Å²) < 4.78 is 0. The Hall–Kier alpha value is 0.270. The highest BCUT2D eigenvalue weighted by Gasteiger charge is 2.14. The van der Waals surface area contributed by atoms with E-state index in [9.17, 15) is 0 Å². The van der Waals surface area contributed by atoms with Crippen molar-refractivity contribution in [3.8, 4) is 0 Å². The first kappa shape index (κ1) is 12.3. The lowest BCUT2D eigenvalue weighted by molar-refractivity contribution is 0.494. The van der Waals surface area contributed by atoms with Crippen LogP contribution < -0.4 is 10.6 Å². The minimum atomic E-state index is 0.609. The van der Waals surface area contributed by atoms with E-state index in [0.29, 0.717) is 6.04 Å². The largest absolute Gasteiger partial charge is 0.315 e. The van der Waals surface area contributed by atoms with Crippen LogP contribution in [0.3, 0.4) is 0 Å². The second kappa shape index (κ2) is 7.55. The zero-order chi connectivity index (χ0) is 10.2. The van der Waals surface area contributed by atoms with Crippen molar-refractivity contribution in [3.63, 3.8) is 0 Å². The van der Waals surface area contributed by atoms with E-state index in [1.54, 1.807) is 0 Å². The highest BCUT2D eigenvalue weighted by atomic mass is 32.2. The lowest BCUT2D eigenvalue weighted by Crippen LogP contribution is -2.39. The van der Waals surface area contributed by atoms with Gasteiger partial charge in [0.2, 0.25) is 0 Å². The van der Waals surface area contributed by atoms with Crippen LogP contribution in [0.1, 0.15) is 33.1 Å². The van der Waals surface area contributed by atoms with E-state index in [4.69, 9.17) is 0 Å². The molecule has 1 aliphatic heterocycles. The van der Waals surface area contributed by atoms with Crippen LogP contribution in [0, 0.1) is 0 Å². The lowest BCUT2D eigenvalue weighted by Gasteiger charge is -2.23. The summed E-state index contributed by atoms with van der Waals surface area (Å²) in [6.45, 7) is 7.77. The predicted octanol–water partition coefficient (Wildman–Crippen LogP) is 1.86. The number of likely N-dealkylation sites (N-methyl/N-ethyl adjacent to an activating group) is 1. The molecule has 0 aromatic carbocycles. The maximum absolute atomic E-state index is 3.60. The van der Waals surface area contributed by atoms with Crippen molar-refractivity contribution in [2.75, 3.05) is 25.4 Å². The van der Waals surface area contributed by atoms with Gasteiger partial charge >= 0.3 is 0 Å². The smallest absolute Gasteiger partial charge is 0.0172 e. The van der Waals surface area contributed by atoms with Crippen molar-refractivity contribution in [1.29, 1.82) is 0 Å². The molecule has 14 heavy (non-hydrogen) atoms. The Bertz CT molecular complexity index is 135. The van der Waals surface area contributed by atoms with Crippen LogP contribution in [0.4, 0.5) is 0 Å². The summed E-state index contributed by atoms with van der Waals surface area (Å²) in [5.41, 5.74) is 0. The summed E-state index contributed by atoms with van der Waals surface area (Å²) in [7, 11) is 0. The van der Waals surface area contributed by atoms with Crippen molar-refractivity contribution in [2.45, 2.75) is 44.4 Å². The molecule has 2 atom stereocenters. The molecule has 0 aromatic rings. The first-order chi connectivity index (χ1) is 6.83. The van der Waals surface area contributed by atoms with Gasteiger partial charge in [0.25, 0.3) is 0 Å². The van der Waals surface area contributed by atoms with E-state index in [0.717, 1.165) is 18.3 Å². The molecule has 1 heterocycles. The van der Waals surface area contributed by atoms with Crippen molar-refractivity contribution >= 4 is 11.8 Å². The number of nitrogens with one attached hydrogen (secondary N) is 2. The molecule has 3 heteroatoms. The Morgan fingerprint density at radius 3 is 2.93 bits per heavy atom. The van der Waals surface area contributed by atoms with Crippen LogP contribution in [0.5, 0.6) is 0 Å². The average Bonchev–Trinajstić information content (AvgIpc) is 2.25. The summed E-state index contributed by atoms with van der Waals surface area (Å²) in [6, 6.07) is 0.609. The van der Waals surface area contributed by atoms with Crippen LogP contribution in [0.25, 0.3) is 0 Å². The van der Waals surface area contributed by atoms with Crippen LogP contribution in [-0.4, -0.2) is 36.7 Å². The van der Waals surface area contributed by atoms with E-state index in [2.05, 4.69) is 36.2 Å². The highest BCUT2D eigenvalue weighted by Crippen LogP contribution is 2.24. The zero-order valence-corrected chi connectivity index (χ0v) is 10.3. The Labute approximate surface area is 92.6 Å². The molecule has 1 saturated heterocycles. The average molecular weight is 216 g/mol. The van der Waals surface area contributed by atoms with Gasteiger partial charge in [-0.15, -0.1) is 0 Å². The van der Waals surface area contributed by atoms with Gasteiger partial charge in [0.05, 0.1) is 0 Å². The SMILES string of the molecule is CCNCC(C)NCC1CCCCS1. The molecule has 2 unspecified atom stereocenters. The first-order valence-electron chi connectivity index (χ1n) is 5.88. The predicted molar refractivity (Wildman–Crippen MR) is 66.1 cm³/mol. The minimum absolute atomic E-state index is 0.609. The van der Waals surface area contributed by atoms with Crippen LogP contribution >= 0.6 is 11.8 Å². The Kier molecular flexibility index (Phi) is 6.65. The van der Waals surface area contributed by atoms with Gasteiger partial charge < -0.3 is 10.6 Å². The van der Waals surface area contributed by atoms with E-state index in [-0.39, 0.29) is 0 Å². The van der Waals surface area contributed by atoms with Gasteiger partial charge in [0.15, 0.2) is 0 Å². The first-order valence-corrected chi connectivity index (χ1v) is 6.93. The Balaban J connectivity index is 2.00. The van der Waals surface area contributed by atoms with E-state index in [1.165, 1.54) is 31.6 Å². The van der Waals surface area contributed by atoms with Crippen LogP contribution in [0.2, 0.25) is 0 Å². The summed E-state index contributed by atoms with van der Waals surface area (Å²) in [6.07, 6.45) is 4.26. The number of rotatable bonds is 6. The standard InChI is InChI=1S/C11H24N2S/c1-3-12-8-10(2)13-9-11-6-4-5-7-14-11/h10-13H,3-9H2,1-2H3. The Morgan fingerprint density at radius 1 is 1.43 bits per heavy atom. The third-order valence-electron chi connectivity index (χ3n) is 2.67. The molecule has 1 rings (SSSR count). The molecule has 0 spiro atoms. The van der Waals surface area contributed by atoms with Gasteiger partial charge in [-0.1, -0.05) is 13.3 Å². The molecule has 0 aromatic heterocycles. The number of hydrogen-bond donors (Lipinski definition) is 2. The van der Waals surface area contributed by atoms with E-state index < -0.39 is 0 Å². The molecular formula is C11H24N2S. The zero-order valence-electron chi connectivity index (χ0n) is 9.51. The lowest BCUT2D eigenvalue weighted by atomic mass is 10.2. The molecule has 1 fully saturated rings. The maximum atomic E-state index is 3.60. The molecule has 0 bridgehead atoms. The van der Waals surface area contributed by atoms with Gasteiger partial charge in [0, 0.05) is 24.4 Å². The summed E-state index contributed by atoms with van der Waals surface area (Å²) in [4.78, 5) is 0. The fraction of sp³-hybridized carbons (Fsp3) is 1.00. The molecule has 1 aliphatic rings. The molecule has 0 amide bonds. The second-order valence-corrected chi connectivity index (χ2v) is 5.51. The molecule has 0 radical (unpaired) electrons. The third kappa shape index (κ3) is 5.23. The topological polar surface area (TPSA) is 24.1 Å². The van der Waals surface area contributed by atoms with E-state index in [1.807, 2.05) is 0 Å². The normalized spacial score (nSPS) is 24.9. The number of thioether (sulfide) groups is 1. The minimum Gasteiger partial charge on any atom is -0.315 e. The molecular weight excluding hydrogens is 192 g/mol. The van der Waals surface area contributed by atoms with Crippen molar-refractivity contribution in [3.05, 3.63) is 0 Å². The maximum Gasteiger partial charge on any atom is 0.0172 e. The monoisotopic (exact) mass is 216 g/mol. The fourth-order valence-corrected chi connectivity index (χ4v) is 2.99. The third-order valence-corrected chi connectivity index (χ3v) is 4.07. The molecule has 0 aliphatic carbocycles. The highest BCUT2D eigenvalue weighted by molar-refractivity contribution is 7.99. The Morgan fingerprint density at radius 2 is 2.29 bits per heavy atom. The molecule has 0 saturated carbocycles. The molecule has 2 nitrogen and oxygen atoms in total. The molecule has 84 valence electrons. The van der Waals surface area contributed by atoms with Gasteiger partial charge in [-0.3, -0.25) is 0 Å². The quantitative estimate of drug-likeness (QED) is 0.709. The van der Waals surface area contributed by atoms with Gasteiger partial charge in [-0.25, -0.2) is 0 Å². The van der Waals surface area contributed by atoms with Crippen molar-refractivity contribution in [2.24, 2.45) is 0 Å². The van der Waals surface area contributed by atoms with Gasteiger partial charge in [0.1, 0.15) is 0 Å². The second-order valence-electron chi connectivity index (χ2n) is 4.11. The van der Waals surface area contributed by atoms with Gasteiger partial charge in [-0.2, -0.15) is 11.8 Å². The summed E-state index contributed by atoms with van der Waals surface area (Å²) >= 11 is 2.15.